The fourth-order valence-corrected chi connectivity index (χ4v) is 6.23. The van der Waals surface area contributed by atoms with Crippen LogP contribution < -0.4 is 25.2 Å². The van der Waals surface area contributed by atoms with Gasteiger partial charge >= 0.3 is 6.03 Å². The number of hydrogen-bond acceptors (Lipinski definition) is 9. The summed E-state index contributed by atoms with van der Waals surface area (Å²) in [5.74, 6) is 1.27. The van der Waals surface area contributed by atoms with Crippen molar-refractivity contribution in [3.8, 4) is 5.75 Å². The molecule has 0 bridgehead atoms. The lowest BCUT2D eigenvalue weighted by Crippen LogP contribution is -2.56. The molecular weight excluding hydrogens is 560 g/mol. The molecule has 0 spiro atoms. The fraction of sp³-hybridized carbons (Fsp3) is 0.562. The van der Waals surface area contributed by atoms with Crippen molar-refractivity contribution in [3.63, 3.8) is 0 Å². The summed E-state index contributed by atoms with van der Waals surface area (Å²) in [5, 5.41) is 6.25. The van der Waals surface area contributed by atoms with Crippen LogP contribution in [0.15, 0.2) is 31.0 Å². The third kappa shape index (κ3) is 7.07. The fourth-order valence-electron chi connectivity index (χ4n) is 6.23. The highest BCUT2D eigenvalue weighted by Gasteiger charge is 2.40. The maximum Gasteiger partial charge on any atom is 0.326 e. The van der Waals surface area contributed by atoms with Crippen molar-refractivity contribution >= 4 is 40.8 Å². The van der Waals surface area contributed by atoms with E-state index in [1.165, 1.54) is 12.5 Å². The molecule has 238 valence electrons. The minimum Gasteiger partial charge on any atom is -0.494 e. The van der Waals surface area contributed by atoms with Gasteiger partial charge in [0.1, 0.15) is 11.6 Å². The van der Waals surface area contributed by atoms with Gasteiger partial charge in [0.15, 0.2) is 0 Å². The minimum absolute atomic E-state index is 0.0260. The highest BCUT2D eigenvalue weighted by Crippen LogP contribution is 2.39. The first-order valence-corrected chi connectivity index (χ1v) is 15.6. The zero-order chi connectivity index (χ0) is 31.2. The Morgan fingerprint density at radius 1 is 1.09 bits per heavy atom. The van der Waals surface area contributed by atoms with Gasteiger partial charge in [-0.05, 0) is 51.9 Å². The topological polar surface area (TPSA) is 115 Å². The zero-order valence-electron chi connectivity index (χ0n) is 26.5. The lowest BCUT2D eigenvalue weighted by atomic mass is 9.93. The lowest BCUT2D eigenvalue weighted by Gasteiger charge is -2.45. The Labute approximate surface area is 260 Å². The first-order chi connectivity index (χ1) is 21.3. The maximum atomic E-state index is 14.1. The molecule has 0 radical (unpaired) electrons. The largest absolute Gasteiger partial charge is 0.494 e. The van der Waals surface area contributed by atoms with Crippen molar-refractivity contribution in [3.05, 3.63) is 36.5 Å². The van der Waals surface area contributed by atoms with Gasteiger partial charge in [-0.1, -0.05) is 25.8 Å². The summed E-state index contributed by atoms with van der Waals surface area (Å²) in [6.45, 7) is 7.01. The molecule has 12 nitrogen and oxygen atoms in total. The second kappa shape index (κ2) is 14.3. The second-order valence-corrected chi connectivity index (χ2v) is 12.1. The van der Waals surface area contributed by atoms with Crippen LogP contribution in [0.2, 0.25) is 0 Å². The van der Waals surface area contributed by atoms with Crippen molar-refractivity contribution in [1.29, 1.82) is 0 Å². The molecule has 5 rings (SSSR count). The molecule has 2 N–H and O–H groups in total. The summed E-state index contributed by atoms with van der Waals surface area (Å²) < 4.78 is 11.4. The number of amides is 3. The molecule has 0 atom stereocenters. The standard InChI is InChI=1S/C32H46N8O4/c1-6-29(41)34-25-18-26(28(43-5)19-27(25)38(4)15-14-37(2)3)35-31-33-20-22-21-39(23-12-16-44-17-13-23)32(42)40(30(22)36-31)24-10-8-7-9-11-24/h6,18-20,23-24H,1,7-17,21H2,2-5H3,(H,34,41)(H,33,35,36). The van der Waals surface area contributed by atoms with Crippen LogP contribution in [0.5, 0.6) is 5.75 Å². The van der Waals surface area contributed by atoms with Crippen LogP contribution in [0, 0.1) is 0 Å². The van der Waals surface area contributed by atoms with Gasteiger partial charge in [-0.25, -0.2) is 9.78 Å². The van der Waals surface area contributed by atoms with Crippen LogP contribution in [0.3, 0.4) is 0 Å². The number of urea groups is 1. The van der Waals surface area contributed by atoms with E-state index < -0.39 is 0 Å². The molecule has 1 saturated heterocycles. The van der Waals surface area contributed by atoms with Gasteiger partial charge in [0.05, 0.1) is 30.7 Å². The smallest absolute Gasteiger partial charge is 0.326 e. The Bertz CT molecular complexity index is 1340. The first-order valence-electron chi connectivity index (χ1n) is 15.6. The highest BCUT2D eigenvalue weighted by molar-refractivity contribution is 6.02. The van der Waals surface area contributed by atoms with Crippen LogP contribution in [0.4, 0.5) is 33.6 Å². The molecule has 1 aliphatic carbocycles. The number of anilines is 5. The minimum atomic E-state index is -0.316. The van der Waals surface area contributed by atoms with Gasteiger partial charge < -0.3 is 34.8 Å². The number of carbonyl (C=O) groups excluding carboxylic acids is 2. The molecule has 1 aromatic carbocycles. The van der Waals surface area contributed by atoms with Gasteiger partial charge in [0.25, 0.3) is 0 Å². The van der Waals surface area contributed by atoms with E-state index in [4.69, 9.17) is 14.5 Å². The van der Waals surface area contributed by atoms with Gasteiger partial charge in [-0.3, -0.25) is 9.69 Å². The molecule has 0 unspecified atom stereocenters. The first kappa shape index (κ1) is 31.5. The Morgan fingerprint density at radius 2 is 1.84 bits per heavy atom. The van der Waals surface area contributed by atoms with E-state index >= 15 is 0 Å². The van der Waals surface area contributed by atoms with Crippen molar-refractivity contribution < 1.29 is 19.1 Å². The summed E-state index contributed by atoms with van der Waals surface area (Å²) in [6.07, 6.45) is 10.1. The number of ether oxygens (including phenoxy) is 2. The summed E-state index contributed by atoms with van der Waals surface area (Å²) in [5.41, 5.74) is 2.93. The molecule has 2 fully saturated rings. The maximum absolute atomic E-state index is 14.1. The van der Waals surface area contributed by atoms with Crippen molar-refractivity contribution in [2.24, 2.45) is 0 Å². The van der Waals surface area contributed by atoms with E-state index in [9.17, 15) is 9.59 Å². The van der Waals surface area contributed by atoms with Crippen LogP contribution in [-0.4, -0.2) is 98.3 Å². The lowest BCUT2D eigenvalue weighted by molar-refractivity contribution is -0.111. The number of nitrogens with zero attached hydrogens (tertiary/aromatic N) is 6. The van der Waals surface area contributed by atoms with E-state index in [0.29, 0.717) is 48.6 Å². The zero-order valence-corrected chi connectivity index (χ0v) is 26.5. The Kier molecular flexibility index (Phi) is 10.2. The Morgan fingerprint density at radius 3 is 2.52 bits per heavy atom. The molecule has 2 aromatic rings. The number of rotatable bonds is 11. The SMILES string of the molecule is C=CC(=O)Nc1cc(Nc2ncc3c(n2)N(C2CCCCC2)C(=O)N(C2CCOCC2)C3)c(OC)cc1N(C)CCN(C)C. The average molecular weight is 607 g/mol. The van der Waals surface area contributed by atoms with Crippen LogP contribution in [0.25, 0.3) is 0 Å². The molecule has 3 amide bonds. The molecule has 1 aromatic heterocycles. The van der Waals surface area contributed by atoms with E-state index in [-0.39, 0.29) is 24.0 Å². The molecular formula is C32H46N8O4. The van der Waals surface area contributed by atoms with Crippen molar-refractivity contribution in [2.45, 2.75) is 63.6 Å². The van der Waals surface area contributed by atoms with E-state index in [1.807, 2.05) is 49.3 Å². The van der Waals surface area contributed by atoms with E-state index in [1.54, 1.807) is 7.11 Å². The van der Waals surface area contributed by atoms with Crippen LogP contribution in [0.1, 0.15) is 50.5 Å². The van der Waals surface area contributed by atoms with Gasteiger partial charge in [0.2, 0.25) is 11.9 Å². The van der Waals surface area contributed by atoms with Crippen molar-refractivity contribution in [1.82, 2.24) is 19.8 Å². The number of nitrogens with one attached hydrogen (secondary N) is 2. The van der Waals surface area contributed by atoms with E-state index in [0.717, 1.165) is 62.9 Å². The molecule has 3 aliphatic rings. The predicted molar refractivity (Wildman–Crippen MR) is 173 cm³/mol. The summed E-state index contributed by atoms with van der Waals surface area (Å²) >= 11 is 0. The monoisotopic (exact) mass is 606 g/mol. The molecule has 2 aliphatic heterocycles. The Hall–Kier alpha value is -3.90. The third-order valence-corrected chi connectivity index (χ3v) is 8.74. The summed E-state index contributed by atoms with van der Waals surface area (Å²) in [6, 6.07) is 3.99. The number of aromatic nitrogens is 2. The normalized spacial score (nSPS) is 17.8. The highest BCUT2D eigenvalue weighted by atomic mass is 16.5. The summed E-state index contributed by atoms with van der Waals surface area (Å²) in [7, 11) is 7.62. The molecule has 12 heteroatoms. The third-order valence-electron chi connectivity index (χ3n) is 8.74. The molecule has 3 heterocycles. The van der Waals surface area contributed by atoms with Gasteiger partial charge in [-0.15, -0.1) is 0 Å². The second-order valence-electron chi connectivity index (χ2n) is 12.1. The molecule has 44 heavy (non-hydrogen) atoms. The number of likely N-dealkylation sites (N-methyl/N-ethyl adjacent to an activating group) is 2. The quantitative estimate of drug-likeness (QED) is 0.354. The van der Waals surface area contributed by atoms with Crippen LogP contribution >= 0.6 is 0 Å². The number of benzene rings is 1. The number of methoxy groups -OCH3 is 1. The van der Waals surface area contributed by atoms with Gasteiger partial charge in [0, 0.05) is 63.3 Å². The number of carbonyl (C=O) groups is 2. The summed E-state index contributed by atoms with van der Waals surface area (Å²) in [4.78, 5) is 44.2. The molecule has 1 saturated carbocycles. The Balaban J connectivity index is 1.48. The van der Waals surface area contributed by atoms with Crippen LogP contribution in [-0.2, 0) is 16.1 Å². The van der Waals surface area contributed by atoms with Crippen molar-refractivity contribution in [2.75, 3.05) is 75.0 Å². The van der Waals surface area contributed by atoms with E-state index in [2.05, 4.69) is 32.0 Å². The van der Waals surface area contributed by atoms with Gasteiger partial charge in [-0.2, -0.15) is 4.98 Å². The average Bonchev–Trinajstić information content (AvgIpc) is 3.04. The number of hydrogen-bond donors (Lipinski definition) is 2. The predicted octanol–water partition coefficient (Wildman–Crippen LogP) is 4.60. The number of fused-ring (bicyclic) bond motifs is 1.